The van der Waals surface area contributed by atoms with Gasteiger partial charge in [-0.05, 0) is 97.6 Å². The molecular weight excluding hydrogens is 396 g/mol. The number of fused-ring (bicyclic) bond motifs is 1. The molecule has 2 saturated carbocycles. The van der Waals surface area contributed by atoms with E-state index in [1.54, 1.807) is 11.1 Å². The van der Waals surface area contributed by atoms with Crippen LogP contribution in [-0.2, 0) is 12.8 Å². The van der Waals surface area contributed by atoms with Crippen LogP contribution in [-0.4, -0.2) is 0 Å². The molecule has 2 fully saturated rings. The molecule has 0 aromatic heterocycles. The Kier molecular flexibility index (Phi) is 6.21. The standard InChI is InChI=1S/C33H40/c1-21-8-6-9-26(15-21)18-31-25(5)14-22(2)16-33(31)29-11-7-10-28-17-27(20-32(28)29)19-30-23(3)12-13-24(30)4/h7,10-11,14,16-17,21,26,30H,3-4,6,8-9,12-13,15,18-20H2,1-2,5H3/t21-,26+/m0/s1. The molecule has 0 heterocycles. The van der Waals surface area contributed by atoms with E-state index in [4.69, 9.17) is 0 Å². The van der Waals surface area contributed by atoms with Crippen molar-refractivity contribution in [3.8, 4) is 11.1 Å². The molecule has 5 rings (SSSR count). The summed E-state index contributed by atoms with van der Waals surface area (Å²) in [5.74, 6) is 2.20. The SMILES string of the molecule is C=C1CCC(=C)C1CC1=Cc2cccc(-c3cc(C)cc(C)c3C[C@@H]3CCC[C@H](C)C3)c2C1. The lowest BCUT2D eigenvalue weighted by atomic mass is 9.77. The van der Waals surface area contributed by atoms with Crippen molar-refractivity contribution in [2.45, 2.75) is 78.6 Å². The highest BCUT2D eigenvalue weighted by Gasteiger charge is 2.27. The van der Waals surface area contributed by atoms with E-state index in [0.29, 0.717) is 5.92 Å². The first-order valence-electron chi connectivity index (χ1n) is 13.2. The Morgan fingerprint density at radius 1 is 0.939 bits per heavy atom. The van der Waals surface area contributed by atoms with Crippen LogP contribution in [0.2, 0.25) is 0 Å². The molecule has 0 saturated heterocycles. The van der Waals surface area contributed by atoms with Gasteiger partial charge in [0.15, 0.2) is 0 Å². The van der Waals surface area contributed by atoms with Gasteiger partial charge in [0, 0.05) is 5.92 Å². The van der Waals surface area contributed by atoms with Crippen molar-refractivity contribution in [1.29, 1.82) is 0 Å². The third-order valence-electron chi connectivity index (χ3n) is 8.64. The Bertz CT molecular complexity index is 1110. The van der Waals surface area contributed by atoms with Crippen LogP contribution in [0.5, 0.6) is 0 Å². The first-order valence-corrected chi connectivity index (χ1v) is 13.2. The van der Waals surface area contributed by atoms with E-state index in [1.807, 2.05) is 0 Å². The topological polar surface area (TPSA) is 0 Å². The zero-order chi connectivity index (χ0) is 23.1. The van der Waals surface area contributed by atoms with Crippen LogP contribution in [0.15, 0.2) is 60.2 Å². The smallest absolute Gasteiger partial charge is 0.00392 e. The van der Waals surface area contributed by atoms with Gasteiger partial charge in [-0.2, -0.15) is 0 Å². The fourth-order valence-electron chi connectivity index (χ4n) is 6.87. The fourth-order valence-corrected chi connectivity index (χ4v) is 6.87. The molecule has 2 aromatic rings. The summed E-state index contributed by atoms with van der Waals surface area (Å²) >= 11 is 0. The van der Waals surface area contributed by atoms with Crippen molar-refractivity contribution in [1.82, 2.24) is 0 Å². The molecule has 0 nitrogen and oxygen atoms in total. The van der Waals surface area contributed by atoms with E-state index in [-0.39, 0.29) is 0 Å². The molecule has 2 atom stereocenters. The lowest BCUT2D eigenvalue weighted by molar-refractivity contribution is 0.281. The molecule has 3 aliphatic carbocycles. The molecule has 0 amide bonds. The van der Waals surface area contributed by atoms with Gasteiger partial charge in [0.1, 0.15) is 0 Å². The molecule has 33 heavy (non-hydrogen) atoms. The molecule has 2 aromatic carbocycles. The van der Waals surface area contributed by atoms with Crippen LogP contribution in [0.1, 0.15) is 79.7 Å². The molecule has 0 radical (unpaired) electrons. The van der Waals surface area contributed by atoms with Gasteiger partial charge < -0.3 is 0 Å². The largest absolute Gasteiger partial charge is 0.0992 e. The molecule has 172 valence electrons. The summed E-state index contributed by atoms with van der Waals surface area (Å²) in [6, 6.07) is 11.8. The zero-order valence-corrected chi connectivity index (χ0v) is 21.0. The second-order valence-corrected chi connectivity index (χ2v) is 11.4. The van der Waals surface area contributed by atoms with Gasteiger partial charge in [0.2, 0.25) is 0 Å². The Labute approximate surface area is 201 Å². The summed E-state index contributed by atoms with van der Waals surface area (Å²) in [6.07, 6.45) is 13.7. The van der Waals surface area contributed by atoms with Crippen molar-refractivity contribution >= 4 is 6.08 Å². The maximum absolute atomic E-state index is 4.35. The molecule has 0 heteroatoms. The number of hydrogen-bond acceptors (Lipinski definition) is 0. The van der Waals surface area contributed by atoms with E-state index >= 15 is 0 Å². The fraction of sp³-hybridized carbons (Fsp3) is 0.455. The minimum Gasteiger partial charge on any atom is -0.0992 e. The minimum absolute atomic E-state index is 0.485. The Morgan fingerprint density at radius 3 is 2.48 bits per heavy atom. The molecule has 0 unspecified atom stereocenters. The second kappa shape index (κ2) is 9.13. The molecule has 3 aliphatic rings. The lowest BCUT2D eigenvalue weighted by Gasteiger charge is -2.28. The number of rotatable bonds is 5. The third kappa shape index (κ3) is 4.54. The van der Waals surface area contributed by atoms with E-state index in [9.17, 15) is 0 Å². The maximum Gasteiger partial charge on any atom is 0.00392 e. The summed E-state index contributed by atoms with van der Waals surface area (Å²) < 4.78 is 0. The first-order chi connectivity index (χ1) is 15.9. The first kappa shape index (κ1) is 22.5. The normalized spacial score (nSPS) is 23.2. The quantitative estimate of drug-likeness (QED) is 0.410. The van der Waals surface area contributed by atoms with Gasteiger partial charge in [0.05, 0.1) is 0 Å². The van der Waals surface area contributed by atoms with E-state index in [2.05, 4.69) is 70.3 Å². The van der Waals surface area contributed by atoms with Crippen LogP contribution in [0.25, 0.3) is 17.2 Å². The monoisotopic (exact) mass is 436 g/mol. The highest BCUT2D eigenvalue weighted by molar-refractivity contribution is 5.80. The van der Waals surface area contributed by atoms with Crippen molar-refractivity contribution in [2.75, 3.05) is 0 Å². The van der Waals surface area contributed by atoms with Crippen LogP contribution >= 0.6 is 0 Å². The average Bonchev–Trinajstić information content (AvgIpc) is 3.33. The molecular formula is C33H40. The van der Waals surface area contributed by atoms with Crippen molar-refractivity contribution in [2.24, 2.45) is 17.8 Å². The number of benzene rings is 2. The Morgan fingerprint density at radius 2 is 1.73 bits per heavy atom. The number of aryl methyl sites for hydroxylation is 2. The van der Waals surface area contributed by atoms with Gasteiger partial charge in [-0.15, -0.1) is 0 Å². The van der Waals surface area contributed by atoms with E-state index in [1.165, 1.54) is 76.6 Å². The minimum atomic E-state index is 0.485. The van der Waals surface area contributed by atoms with E-state index in [0.717, 1.165) is 37.5 Å². The predicted octanol–water partition coefficient (Wildman–Crippen LogP) is 9.19. The second-order valence-electron chi connectivity index (χ2n) is 11.4. The highest BCUT2D eigenvalue weighted by atomic mass is 14.3. The summed E-state index contributed by atoms with van der Waals surface area (Å²) in [4.78, 5) is 0. The van der Waals surface area contributed by atoms with Gasteiger partial charge in [-0.25, -0.2) is 0 Å². The van der Waals surface area contributed by atoms with Gasteiger partial charge in [-0.3, -0.25) is 0 Å². The van der Waals surface area contributed by atoms with Gasteiger partial charge in [-0.1, -0.05) is 98.0 Å². The van der Waals surface area contributed by atoms with Crippen molar-refractivity contribution < 1.29 is 0 Å². The molecule has 0 spiro atoms. The lowest BCUT2D eigenvalue weighted by Crippen LogP contribution is -2.16. The maximum atomic E-state index is 4.35. The van der Waals surface area contributed by atoms with Crippen LogP contribution in [0.3, 0.4) is 0 Å². The predicted molar refractivity (Wildman–Crippen MR) is 143 cm³/mol. The summed E-state index contributed by atoms with van der Waals surface area (Å²) in [6.45, 7) is 15.7. The average molecular weight is 437 g/mol. The van der Waals surface area contributed by atoms with Crippen LogP contribution in [0, 0.1) is 31.6 Å². The number of hydrogen-bond donors (Lipinski definition) is 0. The summed E-state index contributed by atoms with van der Waals surface area (Å²) in [7, 11) is 0. The zero-order valence-electron chi connectivity index (χ0n) is 21.0. The van der Waals surface area contributed by atoms with Crippen molar-refractivity contribution in [3.63, 3.8) is 0 Å². The highest BCUT2D eigenvalue weighted by Crippen LogP contribution is 2.43. The molecule has 0 bridgehead atoms. The summed E-state index contributed by atoms with van der Waals surface area (Å²) in [5.41, 5.74) is 14.7. The van der Waals surface area contributed by atoms with Gasteiger partial charge in [0.25, 0.3) is 0 Å². The Hall–Kier alpha value is -2.34. The van der Waals surface area contributed by atoms with Crippen LogP contribution < -0.4 is 0 Å². The van der Waals surface area contributed by atoms with Crippen molar-refractivity contribution in [3.05, 3.63) is 88.0 Å². The summed E-state index contributed by atoms with van der Waals surface area (Å²) in [5, 5.41) is 0. The third-order valence-corrected chi connectivity index (χ3v) is 8.64. The number of allylic oxidation sites excluding steroid dienone is 3. The van der Waals surface area contributed by atoms with Crippen LogP contribution in [0.4, 0.5) is 0 Å². The molecule has 0 aliphatic heterocycles. The Balaban J connectivity index is 1.46. The molecule has 0 N–H and O–H groups in total. The van der Waals surface area contributed by atoms with E-state index < -0.39 is 0 Å². The van der Waals surface area contributed by atoms with Gasteiger partial charge >= 0.3 is 0 Å².